The van der Waals surface area contributed by atoms with Crippen molar-refractivity contribution in [3.05, 3.63) is 42.0 Å². The minimum absolute atomic E-state index is 0.155. The van der Waals surface area contributed by atoms with E-state index in [2.05, 4.69) is 5.32 Å². The van der Waals surface area contributed by atoms with Crippen molar-refractivity contribution in [3.8, 4) is 0 Å². The van der Waals surface area contributed by atoms with Crippen molar-refractivity contribution in [2.24, 2.45) is 5.92 Å². The van der Waals surface area contributed by atoms with Gasteiger partial charge in [0.05, 0.1) is 0 Å². The van der Waals surface area contributed by atoms with E-state index in [0.717, 1.165) is 5.56 Å². The Morgan fingerprint density at radius 1 is 1.23 bits per heavy atom. The van der Waals surface area contributed by atoms with Crippen molar-refractivity contribution in [1.29, 1.82) is 0 Å². The molecule has 2 atom stereocenters. The number of carbonyl (C=O) groups is 2. The van der Waals surface area contributed by atoms with Gasteiger partial charge in [0.15, 0.2) is 0 Å². The zero-order valence-electron chi connectivity index (χ0n) is 12.9. The fraction of sp³-hybridized carbons (Fsp3) is 0.412. The molecule has 0 aliphatic rings. The first-order valence-corrected chi connectivity index (χ1v) is 7.33. The number of carbonyl (C=O) groups excluding carboxylic acids is 1. The molecule has 3 N–H and O–H groups in total. The zero-order chi connectivity index (χ0) is 16.5. The molecule has 1 amide bonds. The van der Waals surface area contributed by atoms with Gasteiger partial charge in [0.1, 0.15) is 12.1 Å². The van der Waals surface area contributed by atoms with Crippen LogP contribution in [0.25, 0.3) is 6.08 Å². The van der Waals surface area contributed by atoms with Gasteiger partial charge in [-0.25, -0.2) is 4.79 Å². The molecule has 0 radical (unpaired) electrons. The quantitative estimate of drug-likeness (QED) is 0.686. The molecule has 0 heterocycles. The maximum absolute atomic E-state index is 11.8. The van der Waals surface area contributed by atoms with Crippen molar-refractivity contribution in [3.63, 3.8) is 0 Å². The molecular formula is C17H23NO4. The smallest absolute Gasteiger partial charge is 0.326 e. The molecule has 1 aromatic carbocycles. The Labute approximate surface area is 130 Å². The van der Waals surface area contributed by atoms with Gasteiger partial charge in [0, 0.05) is 0 Å². The first-order valence-electron chi connectivity index (χ1n) is 7.33. The molecule has 0 fully saturated rings. The predicted octanol–water partition coefficient (Wildman–Crippen LogP) is 2.07. The monoisotopic (exact) mass is 305 g/mol. The molecule has 22 heavy (non-hydrogen) atoms. The molecule has 5 heteroatoms. The summed E-state index contributed by atoms with van der Waals surface area (Å²) in [5.74, 6) is -1.61. The van der Waals surface area contributed by atoms with Gasteiger partial charge in [-0.15, -0.1) is 0 Å². The molecule has 0 unspecified atom stereocenters. The summed E-state index contributed by atoms with van der Waals surface area (Å²) >= 11 is 0. The first-order chi connectivity index (χ1) is 10.4. The maximum atomic E-state index is 11.8. The van der Waals surface area contributed by atoms with Crippen molar-refractivity contribution in [2.75, 3.05) is 0 Å². The molecule has 0 aromatic heterocycles. The normalized spacial score (nSPS) is 14.0. The number of hydrogen-bond donors (Lipinski definition) is 3. The van der Waals surface area contributed by atoms with E-state index in [1.165, 1.54) is 0 Å². The van der Waals surface area contributed by atoms with E-state index >= 15 is 0 Å². The molecule has 0 saturated carbocycles. The molecule has 0 spiro atoms. The summed E-state index contributed by atoms with van der Waals surface area (Å²) in [6, 6.07) is 8.42. The lowest BCUT2D eigenvalue weighted by Gasteiger charge is -2.17. The van der Waals surface area contributed by atoms with E-state index in [4.69, 9.17) is 5.11 Å². The second-order valence-electron chi connectivity index (χ2n) is 5.59. The number of nitrogens with one attached hydrogen (secondary N) is 1. The Balaban J connectivity index is 2.57. The number of benzene rings is 1. The average molecular weight is 305 g/mol. The van der Waals surface area contributed by atoms with Crippen LogP contribution in [0.3, 0.4) is 0 Å². The van der Waals surface area contributed by atoms with Gasteiger partial charge in [-0.1, -0.05) is 56.3 Å². The summed E-state index contributed by atoms with van der Waals surface area (Å²) in [5, 5.41) is 21.2. The van der Waals surface area contributed by atoms with Crippen LogP contribution in [0, 0.1) is 5.92 Å². The molecule has 0 saturated heterocycles. The Kier molecular flexibility index (Phi) is 7.32. The lowest BCUT2D eigenvalue weighted by atomic mass is 10.0. The SMILES string of the molecule is CC(C)C[C@H](O)C(=O)N[C@@H](C/C=C/c1ccccc1)C(=O)O. The van der Waals surface area contributed by atoms with Crippen LogP contribution in [-0.2, 0) is 9.59 Å². The Hall–Kier alpha value is -2.14. The molecule has 120 valence electrons. The summed E-state index contributed by atoms with van der Waals surface area (Å²) in [4.78, 5) is 23.0. The third-order valence-electron chi connectivity index (χ3n) is 3.09. The van der Waals surface area contributed by atoms with Crippen LogP contribution >= 0.6 is 0 Å². The molecule has 1 aromatic rings. The molecular weight excluding hydrogens is 282 g/mol. The third-order valence-corrected chi connectivity index (χ3v) is 3.09. The standard InChI is InChI=1S/C17H23NO4/c1-12(2)11-15(19)16(20)18-14(17(21)22)10-6-9-13-7-4-3-5-8-13/h3-9,12,14-15,19H,10-11H2,1-2H3,(H,18,20)(H,21,22)/b9-6+/t14-,15-/m0/s1. The van der Waals surface area contributed by atoms with Gasteiger partial charge in [-0.2, -0.15) is 0 Å². The van der Waals surface area contributed by atoms with E-state index in [1.807, 2.05) is 44.2 Å². The highest BCUT2D eigenvalue weighted by Crippen LogP contribution is 2.07. The number of carboxylic acids is 1. The summed E-state index contributed by atoms with van der Waals surface area (Å²) in [5.41, 5.74) is 0.956. The van der Waals surface area contributed by atoms with Gasteiger partial charge < -0.3 is 15.5 Å². The Morgan fingerprint density at radius 3 is 2.41 bits per heavy atom. The Morgan fingerprint density at radius 2 is 1.86 bits per heavy atom. The van der Waals surface area contributed by atoms with Crippen molar-refractivity contribution in [1.82, 2.24) is 5.32 Å². The zero-order valence-corrected chi connectivity index (χ0v) is 12.9. The van der Waals surface area contributed by atoms with Gasteiger partial charge in [-0.3, -0.25) is 4.79 Å². The van der Waals surface area contributed by atoms with Crippen LogP contribution in [0.2, 0.25) is 0 Å². The van der Waals surface area contributed by atoms with Crippen LogP contribution in [0.1, 0.15) is 32.3 Å². The topological polar surface area (TPSA) is 86.6 Å². The first kappa shape index (κ1) is 17.9. The average Bonchev–Trinajstić information content (AvgIpc) is 2.46. The third kappa shape index (κ3) is 6.54. The fourth-order valence-corrected chi connectivity index (χ4v) is 1.95. The van der Waals surface area contributed by atoms with Crippen molar-refractivity contribution < 1.29 is 19.8 Å². The lowest BCUT2D eigenvalue weighted by Crippen LogP contribution is -2.45. The van der Waals surface area contributed by atoms with E-state index in [9.17, 15) is 14.7 Å². The molecule has 1 rings (SSSR count). The number of rotatable bonds is 8. The number of carboxylic acid groups (broad SMARTS) is 1. The van der Waals surface area contributed by atoms with E-state index < -0.39 is 24.0 Å². The second-order valence-corrected chi connectivity index (χ2v) is 5.59. The molecule has 0 bridgehead atoms. The largest absolute Gasteiger partial charge is 0.480 e. The Bertz CT molecular complexity index is 511. The van der Waals surface area contributed by atoms with Crippen LogP contribution in [-0.4, -0.2) is 34.2 Å². The van der Waals surface area contributed by atoms with Gasteiger partial charge in [0.25, 0.3) is 0 Å². The number of aliphatic hydroxyl groups is 1. The van der Waals surface area contributed by atoms with Crippen molar-refractivity contribution in [2.45, 2.75) is 38.8 Å². The number of aliphatic carboxylic acids is 1. The highest BCUT2D eigenvalue weighted by molar-refractivity contribution is 5.86. The van der Waals surface area contributed by atoms with Gasteiger partial charge in [0.2, 0.25) is 5.91 Å². The summed E-state index contributed by atoms with van der Waals surface area (Å²) < 4.78 is 0. The highest BCUT2D eigenvalue weighted by atomic mass is 16.4. The summed E-state index contributed by atoms with van der Waals surface area (Å²) in [6.45, 7) is 3.77. The molecule has 0 aliphatic carbocycles. The van der Waals surface area contributed by atoms with Crippen LogP contribution in [0.15, 0.2) is 36.4 Å². The van der Waals surface area contributed by atoms with Gasteiger partial charge >= 0.3 is 5.97 Å². The highest BCUT2D eigenvalue weighted by Gasteiger charge is 2.23. The second kappa shape index (κ2) is 9.00. The molecule has 5 nitrogen and oxygen atoms in total. The van der Waals surface area contributed by atoms with Gasteiger partial charge in [-0.05, 0) is 24.3 Å². The van der Waals surface area contributed by atoms with E-state index in [0.29, 0.717) is 6.42 Å². The van der Waals surface area contributed by atoms with E-state index in [-0.39, 0.29) is 12.3 Å². The minimum atomic E-state index is -1.18. The number of hydrogen-bond acceptors (Lipinski definition) is 3. The fourth-order valence-electron chi connectivity index (χ4n) is 1.95. The predicted molar refractivity (Wildman–Crippen MR) is 85.1 cm³/mol. The van der Waals surface area contributed by atoms with Crippen LogP contribution in [0.5, 0.6) is 0 Å². The minimum Gasteiger partial charge on any atom is -0.480 e. The summed E-state index contributed by atoms with van der Waals surface area (Å²) in [7, 11) is 0. The lowest BCUT2D eigenvalue weighted by molar-refractivity contribution is -0.143. The molecule has 0 aliphatic heterocycles. The van der Waals surface area contributed by atoms with Crippen molar-refractivity contribution >= 4 is 18.0 Å². The van der Waals surface area contributed by atoms with Crippen LogP contribution in [0.4, 0.5) is 0 Å². The van der Waals surface area contributed by atoms with E-state index in [1.54, 1.807) is 12.2 Å². The van der Waals surface area contributed by atoms with Crippen LogP contribution < -0.4 is 5.32 Å². The maximum Gasteiger partial charge on any atom is 0.326 e. The summed E-state index contributed by atoms with van der Waals surface area (Å²) in [6.07, 6.45) is 2.78. The number of amides is 1. The number of aliphatic hydroxyl groups excluding tert-OH is 1.